The molecular formula is C8H12N2O2S. The van der Waals surface area contributed by atoms with Crippen molar-refractivity contribution in [3.05, 3.63) is 17.5 Å². The molecule has 0 unspecified atom stereocenters. The lowest BCUT2D eigenvalue weighted by Crippen LogP contribution is -2.00. The van der Waals surface area contributed by atoms with Crippen LogP contribution in [0.2, 0.25) is 0 Å². The van der Waals surface area contributed by atoms with Crippen molar-refractivity contribution in [2.24, 2.45) is 0 Å². The molecular weight excluding hydrogens is 188 g/mol. The van der Waals surface area contributed by atoms with E-state index in [9.17, 15) is 4.79 Å². The molecule has 0 aliphatic rings. The summed E-state index contributed by atoms with van der Waals surface area (Å²) in [6.45, 7) is 2.47. The second-order valence-corrected chi connectivity index (χ2v) is 3.67. The molecule has 0 saturated heterocycles. The van der Waals surface area contributed by atoms with Crippen molar-refractivity contribution in [2.45, 2.75) is 13.5 Å². The second kappa shape index (κ2) is 4.32. The first-order chi connectivity index (χ1) is 6.15. The molecule has 1 heterocycles. The van der Waals surface area contributed by atoms with Gasteiger partial charge < -0.3 is 5.11 Å². The molecule has 1 aromatic rings. The quantitative estimate of drug-likeness (QED) is 0.794. The number of nitrogens with zero attached hydrogens (tertiary/aromatic N) is 2. The smallest absolute Gasteiger partial charge is 0.339 e. The molecule has 0 fully saturated rings. The third-order valence-electron chi connectivity index (χ3n) is 1.70. The molecule has 72 valence electrons. The highest BCUT2D eigenvalue weighted by molar-refractivity contribution is 7.98. The summed E-state index contributed by atoms with van der Waals surface area (Å²) in [5.41, 5.74) is 0.870. The molecule has 13 heavy (non-hydrogen) atoms. The van der Waals surface area contributed by atoms with E-state index in [1.807, 2.05) is 6.26 Å². The maximum absolute atomic E-state index is 10.7. The molecule has 0 radical (unpaired) electrons. The summed E-state index contributed by atoms with van der Waals surface area (Å²) in [5, 5.41) is 12.8. The fraction of sp³-hybridized carbons (Fsp3) is 0.500. The van der Waals surface area contributed by atoms with Crippen molar-refractivity contribution < 1.29 is 9.90 Å². The molecule has 0 amide bonds. The summed E-state index contributed by atoms with van der Waals surface area (Å²) < 4.78 is 1.68. The fourth-order valence-corrected chi connectivity index (χ4v) is 1.40. The van der Waals surface area contributed by atoms with Gasteiger partial charge in [-0.2, -0.15) is 16.9 Å². The zero-order valence-electron chi connectivity index (χ0n) is 7.65. The van der Waals surface area contributed by atoms with Gasteiger partial charge in [0.2, 0.25) is 0 Å². The Balaban J connectivity index is 2.76. The lowest BCUT2D eigenvalue weighted by atomic mass is 10.3. The number of thioether (sulfide) groups is 1. The maximum atomic E-state index is 10.7. The molecule has 0 saturated carbocycles. The number of hydrogen-bond acceptors (Lipinski definition) is 3. The van der Waals surface area contributed by atoms with Gasteiger partial charge in [0, 0.05) is 18.5 Å². The number of aryl methyl sites for hydroxylation is 2. The summed E-state index contributed by atoms with van der Waals surface area (Å²) >= 11 is 1.71. The lowest BCUT2D eigenvalue weighted by Gasteiger charge is -1.96. The molecule has 0 atom stereocenters. The monoisotopic (exact) mass is 200 g/mol. The predicted molar refractivity (Wildman–Crippen MR) is 52.3 cm³/mol. The molecule has 1 N–H and O–H groups in total. The van der Waals surface area contributed by atoms with Crippen molar-refractivity contribution in [3.63, 3.8) is 0 Å². The van der Waals surface area contributed by atoms with Gasteiger partial charge in [-0.3, -0.25) is 4.68 Å². The lowest BCUT2D eigenvalue weighted by molar-refractivity contribution is 0.0696. The van der Waals surface area contributed by atoms with E-state index in [1.165, 1.54) is 0 Å². The molecule has 0 bridgehead atoms. The van der Waals surface area contributed by atoms with Crippen molar-refractivity contribution >= 4 is 17.7 Å². The van der Waals surface area contributed by atoms with Crippen molar-refractivity contribution in [3.8, 4) is 0 Å². The predicted octanol–water partition coefficient (Wildman–Crippen LogP) is 1.25. The van der Waals surface area contributed by atoms with Gasteiger partial charge in [-0.1, -0.05) is 0 Å². The van der Waals surface area contributed by atoms with E-state index in [1.54, 1.807) is 29.6 Å². The normalized spacial score (nSPS) is 10.3. The van der Waals surface area contributed by atoms with Crippen LogP contribution in [0.3, 0.4) is 0 Å². The first-order valence-corrected chi connectivity index (χ1v) is 5.31. The molecule has 1 aromatic heterocycles. The van der Waals surface area contributed by atoms with Crippen LogP contribution in [0.25, 0.3) is 0 Å². The van der Waals surface area contributed by atoms with Gasteiger partial charge in [0.15, 0.2) is 0 Å². The minimum Gasteiger partial charge on any atom is -0.478 e. The average molecular weight is 200 g/mol. The van der Waals surface area contributed by atoms with Crippen molar-refractivity contribution in [1.29, 1.82) is 0 Å². The van der Waals surface area contributed by atoms with Gasteiger partial charge in [-0.25, -0.2) is 4.79 Å². The van der Waals surface area contributed by atoms with Crippen LogP contribution in [0.1, 0.15) is 16.1 Å². The second-order valence-electron chi connectivity index (χ2n) is 2.69. The number of rotatable bonds is 4. The average Bonchev–Trinajstić information content (AvgIpc) is 2.43. The largest absolute Gasteiger partial charge is 0.478 e. The van der Waals surface area contributed by atoms with Gasteiger partial charge in [-0.05, 0) is 13.2 Å². The Bertz CT molecular complexity index is 309. The van der Waals surface area contributed by atoms with E-state index in [0.717, 1.165) is 12.3 Å². The van der Waals surface area contributed by atoms with Crippen LogP contribution in [0.5, 0.6) is 0 Å². The molecule has 0 aliphatic carbocycles. The molecule has 1 rings (SSSR count). The van der Waals surface area contributed by atoms with Gasteiger partial charge in [0.05, 0.1) is 5.69 Å². The van der Waals surface area contributed by atoms with E-state index in [4.69, 9.17) is 5.11 Å². The van der Waals surface area contributed by atoms with Gasteiger partial charge in [0.1, 0.15) is 5.56 Å². The van der Waals surface area contributed by atoms with E-state index < -0.39 is 5.97 Å². The summed E-state index contributed by atoms with van der Waals surface area (Å²) in [7, 11) is 0. The Labute approximate surface area is 80.9 Å². The molecule has 0 aliphatic heterocycles. The topological polar surface area (TPSA) is 55.1 Å². The first-order valence-electron chi connectivity index (χ1n) is 3.91. The zero-order chi connectivity index (χ0) is 9.84. The fourth-order valence-electron chi connectivity index (χ4n) is 1.03. The Kier molecular flexibility index (Phi) is 3.36. The van der Waals surface area contributed by atoms with Crippen LogP contribution < -0.4 is 0 Å². The minimum absolute atomic E-state index is 0.293. The number of carboxylic acids is 1. The zero-order valence-corrected chi connectivity index (χ0v) is 8.47. The highest BCUT2D eigenvalue weighted by Crippen LogP contribution is 2.06. The van der Waals surface area contributed by atoms with Crippen molar-refractivity contribution in [1.82, 2.24) is 9.78 Å². The van der Waals surface area contributed by atoms with Crippen molar-refractivity contribution in [2.75, 3.05) is 12.0 Å². The van der Waals surface area contributed by atoms with Crippen LogP contribution in [-0.2, 0) is 6.54 Å². The van der Waals surface area contributed by atoms with E-state index in [2.05, 4.69) is 5.10 Å². The van der Waals surface area contributed by atoms with Gasteiger partial charge >= 0.3 is 5.97 Å². The summed E-state index contributed by atoms with van der Waals surface area (Å²) in [6, 6.07) is 0. The third-order valence-corrected chi connectivity index (χ3v) is 2.29. The van der Waals surface area contributed by atoms with Crippen LogP contribution in [0.15, 0.2) is 6.20 Å². The summed E-state index contributed by atoms with van der Waals surface area (Å²) in [5.74, 6) is 0.0353. The molecule has 4 nitrogen and oxygen atoms in total. The number of carboxylic acid groups (broad SMARTS) is 1. The Morgan fingerprint density at radius 3 is 2.92 bits per heavy atom. The van der Waals surface area contributed by atoms with Crippen LogP contribution in [-0.4, -0.2) is 32.9 Å². The van der Waals surface area contributed by atoms with Gasteiger partial charge in [-0.15, -0.1) is 0 Å². The first kappa shape index (κ1) is 10.1. The Morgan fingerprint density at radius 2 is 2.46 bits per heavy atom. The number of hydrogen-bond donors (Lipinski definition) is 1. The highest BCUT2D eigenvalue weighted by Gasteiger charge is 2.10. The van der Waals surface area contributed by atoms with E-state index in [0.29, 0.717) is 11.3 Å². The summed E-state index contributed by atoms with van der Waals surface area (Å²) in [6.07, 6.45) is 3.59. The van der Waals surface area contributed by atoms with E-state index in [-0.39, 0.29) is 0 Å². The van der Waals surface area contributed by atoms with E-state index >= 15 is 0 Å². The number of aromatic nitrogens is 2. The number of aromatic carboxylic acids is 1. The number of carbonyl (C=O) groups is 1. The molecule has 0 aromatic carbocycles. The molecule has 5 heteroatoms. The van der Waals surface area contributed by atoms with Crippen LogP contribution >= 0.6 is 11.8 Å². The minimum atomic E-state index is -0.909. The third kappa shape index (κ3) is 2.48. The van der Waals surface area contributed by atoms with Gasteiger partial charge in [0.25, 0.3) is 0 Å². The SMILES string of the molecule is CSCCn1cc(C(=O)O)c(C)n1. The van der Waals surface area contributed by atoms with Crippen LogP contribution in [0.4, 0.5) is 0 Å². The Morgan fingerprint density at radius 1 is 1.77 bits per heavy atom. The van der Waals surface area contributed by atoms with Crippen LogP contribution in [0, 0.1) is 6.92 Å². The standard InChI is InChI=1S/C8H12N2O2S/c1-6-7(8(11)12)5-10(9-6)3-4-13-2/h5H,3-4H2,1-2H3,(H,11,12). The summed E-state index contributed by atoms with van der Waals surface area (Å²) in [4.78, 5) is 10.7. The Hall–Kier alpha value is -0.970. The highest BCUT2D eigenvalue weighted by atomic mass is 32.2. The molecule has 0 spiro atoms. The maximum Gasteiger partial charge on any atom is 0.339 e.